The van der Waals surface area contributed by atoms with Crippen molar-refractivity contribution in [2.75, 3.05) is 23.2 Å². The molecule has 1 heterocycles. The monoisotopic (exact) mass is 417 g/mol. The molecule has 0 amide bonds. The molecule has 0 bridgehead atoms. The first-order valence-corrected chi connectivity index (χ1v) is 11.0. The van der Waals surface area contributed by atoms with Gasteiger partial charge in [0.05, 0.1) is 11.4 Å². The number of hydrogen-bond acceptors (Lipinski definition) is 6. The molecule has 29 heavy (non-hydrogen) atoms. The second-order valence-electron chi connectivity index (χ2n) is 6.67. The maximum Gasteiger partial charge on any atom is 0.347 e. The SMILES string of the molecule is CCS(=O)(=O)N1CCc2cc(C(=O)COC(=O)[C@@H](C)Oc3ccccc3)ccc21. The van der Waals surface area contributed by atoms with E-state index in [4.69, 9.17) is 9.47 Å². The topological polar surface area (TPSA) is 90.0 Å². The molecule has 8 heteroatoms. The molecule has 0 fully saturated rings. The number of nitrogens with zero attached hydrogens (tertiary/aromatic N) is 1. The van der Waals surface area contributed by atoms with Crippen molar-refractivity contribution in [3.63, 3.8) is 0 Å². The lowest BCUT2D eigenvalue weighted by molar-refractivity contribution is -0.149. The molecule has 2 aromatic carbocycles. The van der Waals surface area contributed by atoms with Crippen LogP contribution in [0.1, 0.15) is 29.8 Å². The second kappa shape index (κ2) is 8.65. The molecular formula is C21H23NO6S. The molecule has 1 aliphatic rings. The molecule has 7 nitrogen and oxygen atoms in total. The average Bonchev–Trinajstić information content (AvgIpc) is 3.16. The number of anilines is 1. The quantitative estimate of drug-likeness (QED) is 0.484. The first kappa shape index (κ1) is 20.9. The van der Waals surface area contributed by atoms with Gasteiger partial charge in [-0.1, -0.05) is 18.2 Å². The number of hydrogen-bond donors (Lipinski definition) is 0. The summed E-state index contributed by atoms with van der Waals surface area (Å²) in [6, 6.07) is 13.7. The highest BCUT2D eigenvalue weighted by molar-refractivity contribution is 7.92. The van der Waals surface area contributed by atoms with E-state index in [1.165, 1.54) is 4.31 Å². The molecule has 0 spiro atoms. The Bertz CT molecular complexity index is 1000. The second-order valence-corrected chi connectivity index (χ2v) is 8.85. The van der Waals surface area contributed by atoms with Gasteiger partial charge < -0.3 is 9.47 Å². The number of Topliss-reactive ketones (excluding diaryl/α,β-unsaturated/α-hetero) is 1. The van der Waals surface area contributed by atoms with E-state index in [1.807, 2.05) is 6.07 Å². The van der Waals surface area contributed by atoms with Gasteiger partial charge in [-0.3, -0.25) is 9.10 Å². The van der Waals surface area contributed by atoms with Gasteiger partial charge in [-0.2, -0.15) is 0 Å². The lowest BCUT2D eigenvalue weighted by Crippen LogP contribution is -2.30. The lowest BCUT2D eigenvalue weighted by Gasteiger charge is -2.18. The highest BCUT2D eigenvalue weighted by Gasteiger charge is 2.28. The lowest BCUT2D eigenvalue weighted by atomic mass is 10.1. The third kappa shape index (κ3) is 4.76. The summed E-state index contributed by atoms with van der Waals surface area (Å²) in [6.07, 6.45) is -0.310. The van der Waals surface area contributed by atoms with Crippen molar-refractivity contribution in [3.8, 4) is 5.75 Å². The number of ketones is 1. The minimum Gasteiger partial charge on any atom is -0.479 e. The van der Waals surface area contributed by atoms with Crippen LogP contribution in [-0.4, -0.2) is 45.2 Å². The summed E-state index contributed by atoms with van der Waals surface area (Å²) in [6.45, 7) is 3.11. The molecule has 0 radical (unpaired) electrons. The van der Waals surface area contributed by atoms with Crippen molar-refractivity contribution < 1.29 is 27.5 Å². The van der Waals surface area contributed by atoms with Crippen LogP contribution in [-0.2, 0) is 26.0 Å². The highest BCUT2D eigenvalue weighted by Crippen LogP contribution is 2.31. The van der Waals surface area contributed by atoms with Gasteiger partial charge in [0, 0.05) is 12.1 Å². The van der Waals surface area contributed by atoms with Gasteiger partial charge in [-0.15, -0.1) is 0 Å². The summed E-state index contributed by atoms with van der Waals surface area (Å²) in [5.74, 6) is -0.436. The van der Waals surface area contributed by atoms with E-state index in [9.17, 15) is 18.0 Å². The highest BCUT2D eigenvalue weighted by atomic mass is 32.2. The van der Waals surface area contributed by atoms with Gasteiger partial charge >= 0.3 is 5.97 Å². The van der Waals surface area contributed by atoms with E-state index < -0.39 is 28.7 Å². The van der Waals surface area contributed by atoms with Crippen LogP contribution in [0.5, 0.6) is 5.75 Å². The van der Waals surface area contributed by atoms with Gasteiger partial charge in [0.2, 0.25) is 10.0 Å². The minimum atomic E-state index is -3.34. The number of rotatable bonds is 8. The molecule has 1 atom stereocenters. The van der Waals surface area contributed by atoms with Crippen molar-refractivity contribution in [3.05, 3.63) is 59.7 Å². The summed E-state index contributed by atoms with van der Waals surface area (Å²) in [4.78, 5) is 24.5. The molecule has 0 aromatic heterocycles. The Kier molecular flexibility index (Phi) is 6.22. The number of sulfonamides is 1. The van der Waals surface area contributed by atoms with Crippen LogP contribution in [0.15, 0.2) is 48.5 Å². The Hall–Kier alpha value is -2.87. The fourth-order valence-electron chi connectivity index (χ4n) is 3.08. The Morgan fingerprint density at radius 1 is 1.14 bits per heavy atom. The fourth-order valence-corrected chi connectivity index (χ4v) is 4.24. The van der Waals surface area contributed by atoms with Gasteiger partial charge in [0.15, 0.2) is 18.5 Å². The molecule has 0 aliphatic carbocycles. The van der Waals surface area contributed by atoms with Crippen LogP contribution >= 0.6 is 0 Å². The molecule has 0 unspecified atom stereocenters. The number of benzene rings is 2. The van der Waals surface area contributed by atoms with Gasteiger partial charge in [0.25, 0.3) is 0 Å². The van der Waals surface area contributed by atoms with Crippen LogP contribution in [0.2, 0.25) is 0 Å². The van der Waals surface area contributed by atoms with Crippen molar-refractivity contribution in [1.29, 1.82) is 0 Å². The number of carbonyl (C=O) groups is 2. The zero-order chi connectivity index (χ0) is 21.0. The Morgan fingerprint density at radius 2 is 1.86 bits per heavy atom. The van der Waals surface area contributed by atoms with E-state index in [0.29, 0.717) is 30.0 Å². The molecule has 2 aromatic rings. The number of fused-ring (bicyclic) bond motifs is 1. The minimum absolute atomic E-state index is 0.0201. The number of esters is 1. The van der Waals surface area contributed by atoms with Gasteiger partial charge in [-0.05, 0) is 56.2 Å². The summed E-state index contributed by atoms with van der Waals surface area (Å²) in [7, 11) is -3.34. The predicted molar refractivity (Wildman–Crippen MR) is 109 cm³/mol. The summed E-state index contributed by atoms with van der Waals surface area (Å²) in [5, 5.41) is 0. The Balaban J connectivity index is 1.60. The Labute approximate surface area is 170 Å². The van der Waals surface area contributed by atoms with Crippen LogP contribution in [0.3, 0.4) is 0 Å². The van der Waals surface area contributed by atoms with Crippen molar-refractivity contribution in [2.24, 2.45) is 0 Å². The number of carbonyl (C=O) groups excluding carboxylic acids is 2. The van der Waals surface area contributed by atoms with E-state index in [2.05, 4.69) is 0 Å². The van der Waals surface area contributed by atoms with Crippen LogP contribution in [0.25, 0.3) is 0 Å². The third-order valence-electron chi connectivity index (χ3n) is 4.69. The normalized spacial score (nSPS) is 14.2. The average molecular weight is 417 g/mol. The Morgan fingerprint density at radius 3 is 2.55 bits per heavy atom. The molecule has 1 aliphatic heterocycles. The number of ether oxygens (including phenoxy) is 2. The molecule has 0 N–H and O–H groups in total. The van der Waals surface area contributed by atoms with E-state index in [1.54, 1.807) is 56.3 Å². The first-order chi connectivity index (χ1) is 13.8. The van der Waals surface area contributed by atoms with E-state index >= 15 is 0 Å². The fraction of sp³-hybridized carbons (Fsp3) is 0.333. The zero-order valence-corrected chi connectivity index (χ0v) is 17.1. The van der Waals surface area contributed by atoms with Crippen LogP contribution in [0, 0.1) is 0 Å². The van der Waals surface area contributed by atoms with Crippen LogP contribution < -0.4 is 9.04 Å². The number of para-hydroxylation sites is 1. The van der Waals surface area contributed by atoms with E-state index in [-0.39, 0.29) is 11.5 Å². The molecule has 154 valence electrons. The van der Waals surface area contributed by atoms with Crippen molar-refractivity contribution in [1.82, 2.24) is 0 Å². The molecule has 0 saturated heterocycles. The standard InChI is InChI=1S/C21H23NO6S/c1-3-29(25,26)22-12-11-16-13-17(9-10-19(16)22)20(23)14-27-21(24)15(2)28-18-7-5-4-6-8-18/h4-10,13,15H,3,11-12,14H2,1-2H3/t15-/m1/s1. The molecule has 3 rings (SSSR count). The maximum absolute atomic E-state index is 12.4. The summed E-state index contributed by atoms with van der Waals surface area (Å²) in [5.41, 5.74) is 1.77. The predicted octanol–water partition coefficient (Wildman–Crippen LogP) is 2.59. The zero-order valence-electron chi connectivity index (χ0n) is 16.3. The smallest absolute Gasteiger partial charge is 0.347 e. The largest absolute Gasteiger partial charge is 0.479 e. The van der Waals surface area contributed by atoms with E-state index in [0.717, 1.165) is 5.56 Å². The first-order valence-electron chi connectivity index (χ1n) is 9.36. The summed E-state index contributed by atoms with van der Waals surface area (Å²) >= 11 is 0. The van der Waals surface area contributed by atoms with Gasteiger partial charge in [-0.25, -0.2) is 13.2 Å². The van der Waals surface area contributed by atoms with Crippen molar-refractivity contribution in [2.45, 2.75) is 26.4 Å². The maximum atomic E-state index is 12.4. The van der Waals surface area contributed by atoms with Crippen molar-refractivity contribution >= 4 is 27.5 Å². The third-order valence-corrected chi connectivity index (χ3v) is 6.47. The molecule has 0 saturated carbocycles. The van der Waals surface area contributed by atoms with Crippen LogP contribution in [0.4, 0.5) is 5.69 Å². The molecular weight excluding hydrogens is 394 g/mol. The van der Waals surface area contributed by atoms with Gasteiger partial charge in [0.1, 0.15) is 5.75 Å². The summed E-state index contributed by atoms with van der Waals surface area (Å²) < 4.78 is 36.2.